The van der Waals surface area contributed by atoms with Crippen LogP contribution < -0.4 is 5.32 Å². The molecule has 0 spiro atoms. The van der Waals surface area contributed by atoms with Crippen molar-refractivity contribution in [1.29, 1.82) is 0 Å². The van der Waals surface area contributed by atoms with Crippen molar-refractivity contribution in [2.45, 2.75) is 33.0 Å². The van der Waals surface area contributed by atoms with Crippen LogP contribution in [0.5, 0.6) is 0 Å². The van der Waals surface area contributed by atoms with Crippen LogP contribution in [0, 0.1) is 0 Å². The van der Waals surface area contributed by atoms with Crippen molar-refractivity contribution in [3.8, 4) is 0 Å². The second-order valence-corrected chi connectivity index (χ2v) is 4.51. The Morgan fingerprint density at radius 3 is 2.60 bits per heavy atom. The number of morpholine rings is 1. The van der Waals surface area contributed by atoms with E-state index >= 15 is 0 Å². The second-order valence-electron chi connectivity index (χ2n) is 3.40. The fourth-order valence-electron chi connectivity index (χ4n) is 1.18. The molecular weight excluding hydrogens is 212 g/mol. The molecule has 0 amide bonds. The van der Waals surface area contributed by atoms with Gasteiger partial charge in [-0.2, -0.15) is 0 Å². The molecular formula is C10H24N2O2S. The largest absolute Gasteiger partial charge is 0.370 e. The second kappa shape index (κ2) is 9.42. The first-order valence-corrected chi connectivity index (χ1v) is 6.21. The highest BCUT2D eigenvalue weighted by Gasteiger charge is 2.18. The first kappa shape index (κ1) is 15.2. The summed E-state index contributed by atoms with van der Waals surface area (Å²) in [6, 6.07) is 0. The van der Waals surface area contributed by atoms with Gasteiger partial charge in [0, 0.05) is 13.1 Å². The maximum Gasteiger partial charge on any atom is 0.0950 e. The molecule has 0 aromatic carbocycles. The van der Waals surface area contributed by atoms with Crippen LogP contribution in [0.3, 0.4) is 0 Å². The maximum absolute atomic E-state index is 5.65. The van der Waals surface area contributed by atoms with Crippen LogP contribution in [-0.2, 0) is 8.92 Å². The lowest BCUT2D eigenvalue weighted by molar-refractivity contribution is -0.0446. The van der Waals surface area contributed by atoms with Gasteiger partial charge in [-0.25, -0.2) is 4.31 Å². The molecule has 2 unspecified atom stereocenters. The Labute approximate surface area is 98.0 Å². The molecule has 1 fully saturated rings. The van der Waals surface area contributed by atoms with Crippen molar-refractivity contribution in [1.82, 2.24) is 9.62 Å². The number of nitrogens with zero attached hydrogens (tertiary/aromatic N) is 1. The van der Waals surface area contributed by atoms with Crippen molar-refractivity contribution in [2.75, 3.05) is 33.8 Å². The van der Waals surface area contributed by atoms with E-state index < -0.39 is 0 Å². The summed E-state index contributed by atoms with van der Waals surface area (Å²) in [5.41, 5.74) is 0. The highest BCUT2D eigenvalue weighted by atomic mass is 32.2. The van der Waals surface area contributed by atoms with E-state index in [4.69, 9.17) is 8.92 Å². The van der Waals surface area contributed by atoms with Gasteiger partial charge in [0.05, 0.1) is 31.0 Å². The first-order valence-electron chi connectivity index (χ1n) is 5.51. The summed E-state index contributed by atoms with van der Waals surface area (Å²) in [4.78, 5) is 0. The number of nitrogens with one attached hydrogen (secondary N) is 1. The third-order valence-electron chi connectivity index (χ3n) is 1.68. The Morgan fingerprint density at radius 2 is 2.07 bits per heavy atom. The van der Waals surface area contributed by atoms with E-state index in [0.717, 1.165) is 13.1 Å². The molecule has 0 aromatic heterocycles. The molecule has 1 aliphatic rings. The molecule has 1 heterocycles. The molecule has 92 valence electrons. The molecule has 4 nitrogen and oxygen atoms in total. The quantitative estimate of drug-likeness (QED) is 0.591. The lowest BCUT2D eigenvalue weighted by atomic mass is 10.3. The van der Waals surface area contributed by atoms with Crippen LogP contribution in [-0.4, -0.2) is 50.3 Å². The van der Waals surface area contributed by atoms with Crippen LogP contribution in [0.4, 0.5) is 0 Å². The lowest BCUT2D eigenvalue weighted by Gasteiger charge is -2.28. The third-order valence-corrected chi connectivity index (χ3v) is 2.22. The topological polar surface area (TPSA) is 33.7 Å². The molecule has 0 radical (unpaired) electrons. The highest BCUT2D eigenvalue weighted by molar-refractivity contribution is 7.92. The van der Waals surface area contributed by atoms with Gasteiger partial charge >= 0.3 is 0 Å². The van der Waals surface area contributed by atoms with Crippen molar-refractivity contribution in [3.05, 3.63) is 0 Å². The van der Waals surface area contributed by atoms with Gasteiger partial charge in [0.1, 0.15) is 0 Å². The summed E-state index contributed by atoms with van der Waals surface area (Å²) in [6.45, 7) is 8.54. The summed E-state index contributed by atoms with van der Waals surface area (Å²) in [5.74, 6) is 0. The van der Waals surface area contributed by atoms with Crippen LogP contribution in [0.25, 0.3) is 0 Å². The molecule has 5 heteroatoms. The van der Waals surface area contributed by atoms with E-state index in [9.17, 15) is 0 Å². The number of hydrogen-bond donors (Lipinski definition) is 1. The minimum atomic E-state index is 0.191. The standard InChI is InChI=1S/C8H18N2O2S.C2H6/c1-7-4-9-5-8(12-7)6-11-13-10(2)3;1-2/h7-9H,4-6H2,1-3H3;1-2H3. The fourth-order valence-corrected chi connectivity index (χ4v) is 1.61. The average Bonchev–Trinajstić information content (AvgIpc) is 2.20. The molecule has 1 saturated heterocycles. The Hall–Kier alpha value is 0.190. The van der Waals surface area contributed by atoms with E-state index in [0.29, 0.717) is 12.7 Å². The molecule has 0 aromatic rings. The van der Waals surface area contributed by atoms with Crippen LogP contribution >= 0.6 is 12.2 Å². The van der Waals surface area contributed by atoms with E-state index in [1.54, 1.807) is 0 Å². The van der Waals surface area contributed by atoms with Crippen molar-refractivity contribution >= 4 is 12.2 Å². The van der Waals surface area contributed by atoms with Crippen LogP contribution in [0.2, 0.25) is 0 Å². The molecule has 0 bridgehead atoms. The predicted octanol–water partition coefficient (Wildman–Crippen LogP) is 1.53. The van der Waals surface area contributed by atoms with E-state index in [1.165, 1.54) is 12.2 Å². The Balaban J connectivity index is 0.000000921. The monoisotopic (exact) mass is 236 g/mol. The van der Waals surface area contributed by atoms with Gasteiger partial charge in [0.15, 0.2) is 0 Å². The molecule has 15 heavy (non-hydrogen) atoms. The Morgan fingerprint density at radius 1 is 1.40 bits per heavy atom. The fraction of sp³-hybridized carbons (Fsp3) is 1.00. The third kappa shape index (κ3) is 8.04. The van der Waals surface area contributed by atoms with Gasteiger partial charge in [-0.1, -0.05) is 13.8 Å². The van der Waals surface area contributed by atoms with Gasteiger partial charge < -0.3 is 10.1 Å². The minimum absolute atomic E-state index is 0.191. The number of ether oxygens (including phenoxy) is 1. The number of hydrogen-bond acceptors (Lipinski definition) is 5. The number of rotatable bonds is 4. The SMILES string of the molecule is CC.CC1CNCC(COSN(C)C)O1. The molecule has 2 atom stereocenters. The van der Waals surface area contributed by atoms with E-state index in [-0.39, 0.29) is 6.10 Å². The van der Waals surface area contributed by atoms with Gasteiger partial charge in [-0.05, 0) is 21.0 Å². The normalized spacial score (nSPS) is 26.0. The van der Waals surface area contributed by atoms with E-state index in [1.807, 2.05) is 32.2 Å². The molecule has 1 aliphatic heterocycles. The van der Waals surface area contributed by atoms with Crippen molar-refractivity contribution in [2.24, 2.45) is 0 Å². The summed E-state index contributed by atoms with van der Waals surface area (Å²) >= 11 is 1.35. The smallest absolute Gasteiger partial charge is 0.0950 e. The predicted molar refractivity (Wildman–Crippen MR) is 65.8 cm³/mol. The molecule has 0 aliphatic carbocycles. The summed E-state index contributed by atoms with van der Waals surface area (Å²) in [5, 5.41) is 3.29. The first-order chi connectivity index (χ1) is 7.18. The van der Waals surface area contributed by atoms with Gasteiger partial charge in [0.25, 0.3) is 0 Å². The van der Waals surface area contributed by atoms with E-state index in [2.05, 4.69) is 12.2 Å². The van der Waals surface area contributed by atoms with Crippen molar-refractivity contribution < 1.29 is 8.92 Å². The molecule has 0 saturated carbocycles. The highest BCUT2D eigenvalue weighted by Crippen LogP contribution is 2.09. The Bertz CT molecular complexity index is 147. The lowest BCUT2D eigenvalue weighted by Crippen LogP contribution is -2.45. The van der Waals surface area contributed by atoms with Gasteiger partial charge in [-0.3, -0.25) is 4.18 Å². The van der Waals surface area contributed by atoms with Crippen LogP contribution in [0.1, 0.15) is 20.8 Å². The maximum atomic E-state index is 5.65. The summed E-state index contributed by atoms with van der Waals surface area (Å²) < 4.78 is 12.9. The zero-order valence-corrected chi connectivity index (χ0v) is 11.3. The zero-order valence-electron chi connectivity index (χ0n) is 10.4. The van der Waals surface area contributed by atoms with Gasteiger partial charge in [-0.15, -0.1) is 0 Å². The molecule has 1 N–H and O–H groups in total. The van der Waals surface area contributed by atoms with Gasteiger partial charge in [0.2, 0.25) is 0 Å². The average molecular weight is 236 g/mol. The minimum Gasteiger partial charge on any atom is -0.370 e. The van der Waals surface area contributed by atoms with Crippen molar-refractivity contribution in [3.63, 3.8) is 0 Å². The Kier molecular flexibility index (Phi) is 9.54. The van der Waals surface area contributed by atoms with Crippen LogP contribution in [0.15, 0.2) is 0 Å². The molecule has 1 rings (SSSR count). The summed E-state index contributed by atoms with van der Waals surface area (Å²) in [6.07, 6.45) is 0.489. The zero-order chi connectivity index (χ0) is 11.7. The summed E-state index contributed by atoms with van der Waals surface area (Å²) in [7, 11) is 3.90.